The summed E-state index contributed by atoms with van der Waals surface area (Å²) in [6, 6.07) is 15.9. The second-order valence-corrected chi connectivity index (χ2v) is 8.46. The van der Waals surface area contributed by atoms with Gasteiger partial charge in [0.15, 0.2) is 0 Å². The Bertz CT molecular complexity index is 1230. The fourth-order valence-corrected chi connectivity index (χ4v) is 3.86. The van der Waals surface area contributed by atoms with E-state index in [0.717, 1.165) is 11.6 Å². The molecular formula is C20H16ClN3O5S. The van der Waals surface area contributed by atoms with Crippen LogP contribution in [0.15, 0.2) is 71.6 Å². The molecule has 0 heterocycles. The summed E-state index contributed by atoms with van der Waals surface area (Å²) in [7, 11) is -3.97. The summed E-state index contributed by atoms with van der Waals surface area (Å²) in [5.41, 5.74) is 1.24. The van der Waals surface area contributed by atoms with Crippen LogP contribution in [0.5, 0.6) is 0 Å². The Labute approximate surface area is 177 Å². The van der Waals surface area contributed by atoms with Crippen LogP contribution in [-0.2, 0) is 10.0 Å². The Hall–Kier alpha value is -3.43. The average Bonchev–Trinajstić information content (AvgIpc) is 2.70. The Morgan fingerprint density at radius 2 is 1.70 bits per heavy atom. The van der Waals surface area contributed by atoms with Gasteiger partial charge in [0.25, 0.3) is 21.6 Å². The van der Waals surface area contributed by atoms with E-state index in [-0.39, 0.29) is 26.9 Å². The zero-order valence-corrected chi connectivity index (χ0v) is 17.2. The predicted octanol–water partition coefficient (Wildman–Crippen LogP) is 4.61. The van der Waals surface area contributed by atoms with Crippen molar-refractivity contribution in [3.8, 4) is 0 Å². The molecule has 3 aromatic carbocycles. The minimum Gasteiger partial charge on any atom is -0.322 e. The molecule has 1 amide bonds. The molecule has 3 rings (SSSR count). The SMILES string of the molecule is Cc1ccc(NS(=O)(=O)c2ccc(Cl)c(C(=O)Nc3cccc([N+](=O)[O-])c3)c2)cc1. The molecule has 0 fully saturated rings. The molecule has 0 aromatic heterocycles. The lowest BCUT2D eigenvalue weighted by Gasteiger charge is -2.11. The smallest absolute Gasteiger partial charge is 0.271 e. The molecule has 0 saturated carbocycles. The van der Waals surface area contributed by atoms with E-state index in [2.05, 4.69) is 10.0 Å². The van der Waals surface area contributed by atoms with Gasteiger partial charge in [-0.3, -0.25) is 19.6 Å². The lowest BCUT2D eigenvalue weighted by Crippen LogP contribution is -2.16. The molecular weight excluding hydrogens is 430 g/mol. The highest BCUT2D eigenvalue weighted by atomic mass is 35.5. The van der Waals surface area contributed by atoms with Crippen LogP contribution < -0.4 is 10.0 Å². The first kappa shape index (κ1) is 21.3. The first-order chi connectivity index (χ1) is 14.2. The molecule has 2 N–H and O–H groups in total. The number of carbonyl (C=O) groups excluding carboxylic acids is 1. The fourth-order valence-electron chi connectivity index (χ4n) is 2.58. The maximum atomic E-state index is 12.7. The molecule has 0 unspecified atom stereocenters. The van der Waals surface area contributed by atoms with Crippen LogP contribution in [-0.4, -0.2) is 19.2 Å². The number of nitrogens with zero attached hydrogens (tertiary/aromatic N) is 1. The largest absolute Gasteiger partial charge is 0.322 e. The van der Waals surface area contributed by atoms with Crippen molar-refractivity contribution < 1.29 is 18.1 Å². The van der Waals surface area contributed by atoms with Gasteiger partial charge in [0.2, 0.25) is 0 Å². The van der Waals surface area contributed by atoms with Gasteiger partial charge in [0.1, 0.15) is 0 Å². The molecule has 0 radical (unpaired) electrons. The molecule has 0 saturated heterocycles. The van der Waals surface area contributed by atoms with E-state index in [1.54, 1.807) is 24.3 Å². The van der Waals surface area contributed by atoms with Crippen molar-refractivity contribution in [2.75, 3.05) is 10.0 Å². The van der Waals surface area contributed by atoms with Crippen LogP contribution >= 0.6 is 11.6 Å². The van der Waals surface area contributed by atoms with Crippen molar-refractivity contribution >= 4 is 44.6 Å². The third kappa shape index (κ3) is 4.94. The van der Waals surface area contributed by atoms with E-state index >= 15 is 0 Å². The van der Waals surface area contributed by atoms with Crippen LogP contribution in [0.3, 0.4) is 0 Å². The van der Waals surface area contributed by atoms with Gasteiger partial charge in [0.05, 0.1) is 20.4 Å². The van der Waals surface area contributed by atoms with E-state index in [0.29, 0.717) is 5.69 Å². The number of amides is 1. The second kappa shape index (κ2) is 8.52. The number of hydrogen-bond acceptors (Lipinski definition) is 5. The Morgan fingerprint density at radius 3 is 2.37 bits per heavy atom. The van der Waals surface area contributed by atoms with E-state index < -0.39 is 20.9 Å². The third-order valence-electron chi connectivity index (χ3n) is 4.11. The van der Waals surface area contributed by atoms with Gasteiger partial charge >= 0.3 is 0 Å². The molecule has 30 heavy (non-hydrogen) atoms. The van der Waals surface area contributed by atoms with Crippen molar-refractivity contribution in [1.82, 2.24) is 0 Å². The van der Waals surface area contributed by atoms with Crippen LogP contribution in [0.25, 0.3) is 0 Å². The van der Waals surface area contributed by atoms with Crippen LogP contribution in [0.2, 0.25) is 5.02 Å². The molecule has 0 bridgehead atoms. The van der Waals surface area contributed by atoms with E-state index in [4.69, 9.17) is 11.6 Å². The van der Waals surface area contributed by atoms with Gasteiger partial charge < -0.3 is 5.32 Å². The topological polar surface area (TPSA) is 118 Å². The highest BCUT2D eigenvalue weighted by Crippen LogP contribution is 2.24. The van der Waals surface area contributed by atoms with E-state index in [9.17, 15) is 23.3 Å². The highest BCUT2D eigenvalue weighted by molar-refractivity contribution is 7.92. The number of halogens is 1. The van der Waals surface area contributed by atoms with E-state index in [1.165, 1.54) is 36.4 Å². The summed E-state index contributed by atoms with van der Waals surface area (Å²) < 4.78 is 27.8. The summed E-state index contributed by atoms with van der Waals surface area (Å²) in [6.45, 7) is 1.88. The van der Waals surface area contributed by atoms with Gasteiger partial charge in [-0.25, -0.2) is 8.42 Å². The highest BCUT2D eigenvalue weighted by Gasteiger charge is 2.19. The minimum atomic E-state index is -3.97. The van der Waals surface area contributed by atoms with Crippen LogP contribution in [0, 0.1) is 17.0 Å². The summed E-state index contributed by atoms with van der Waals surface area (Å²) in [5.74, 6) is -0.701. The molecule has 0 aliphatic heterocycles. The predicted molar refractivity (Wildman–Crippen MR) is 114 cm³/mol. The van der Waals surface area contributed by atoms with Gasteiger partial charge in [0, 0.05) is 23.5 Å². The average molecular weight is 446 g/mol. The summed E-state index contributed by atoms with van der Waals surface area (Å²) in [6.07, 6.45) is 0. The molecule has 154 valence electrons. The Balaban J connectivity index is 1.87. The molecule has 10 heteroatoms. The molecule has 0 aliphatic carbocycles. The summed E-state index contributed by atoms with van der Waals surface area (Å²) in [4.78, 5) is 22.7. The molecule has 8 nitrogen and oxygen atoms in total. The number of sulfonamides is 1. The van der Waals surface area contributed by atoms with Gasteiger partial charge in [-0.2, -0.15) is 0 Å². The number of nitro groups is 1. The third-order valence-corrected chi connectivity index (χ3v) is 5.82. The molecule has 3 aromatic rings. The van der Waals surface area contributed by atoms with E-state index in [1.807, 2.05) is 6.92 Å². The first-order valence-electron chi connectivity index (χ1n) is 8.60. The van der Waals surface area contributed by atoms with Crippen molar-refractivity contribution in [2.45, 2.75) is 11.8 Å². The van der Waals surface area contributed by atoms with Crippen molar-refractivity contribution in [3.05, 3.63) is 93.0 Å². The number of anilines is 2. The van der Waals surface area contributed by atoms with Crippen molar-refractivity contribution in [3.63, 3.8) is 0 Å². The first-order valence-corrected chi connectivity index (χ1v) is 10.5. The number of benzene rings is 3. The molecule has 0 aliphatic rings. The van der Waals surface area contributed by atoms with Crippen molar-refractivity contribution in [1.29, 1.82) is 0 Å². The Morgan fingerprint density at radius 1 is 1.00 bits per heavy atom. The number of hydrogen-bond donors (Lipinski definition) is 2. The molecule has 0 atom stereocenters. The number of nitrogens with one attached hydrogen (secondary N) is 2. The van der Waals surface area contributed by atoms with Crippen molar-refractivity contribution in [2.24, 2.45) is 0 Å². The quantitative estimate of drug-likeness (QED) is 0.424. The maximum Gasteiger partial charge on any atom is 0.271 e. The number of rotatable bonds is 6. The van der Waals surface area contributed by atoms with Crippen LogP contribution in [0.4, 0.5) is 17.1 Å². The standard InChI is InChI=1S/C20H16ClN3O5S/c1-13-5-7-14(8-6-13)23-30(28,29)17-9-10-19(21)18(12-17)20(25)22-15-3-2-4-16(11-15)24(26)27/h2-12,23H,1H3,(H,22,25). The zero-order valence-electron chi connectivity index (χ0n) is 15.6. The lowest BCUT2D eigenvalue weighted by atomic mass is 10.2. The zero-order chi connectivity index (χ0) is 21.9. The second-order valence-electron chi connectivity index (χ2n) is 6.37. The van der Waals surface area contributed by atoms with Gasteiger partial charge in [-0.15, -0.1) is 0 Å². The number of carbonyl (C=O) groups is 1. The van der Waals surface area contributed by atoms with Gasteiger partial charge in [-0.1, -0.05) is 35.4 Å². The number of aryl methyl sites for hydroxylation is 1. The van der Waals surface area contributed by atoms with Crippen LogP contribution in [0.1, 0.15) is 15.9 Å². The fraction of sp³-hybridized carbons (Fsp3) is 0.0500. The van der Waals surface area contributed by atoms with Gasteiger partial charge in [-0.05, 0) is 43.3 Å². The maximum absolute atomic E-state index is 12.7. The summed E-state index contributed by atoms with van der Waals surface area (Å²) >= 11 is 6.08. The summed E-state index contributed by atoms with van der Waals surface area (Å²) in [5, 5.41) is 13.4. The molecule has 0 spiro atoms. The number of nitro benzene ring substituents is 1. The monoisotopic (exact) mass is 445 g/mol. The Kier molecular flexibility index (Phi) is 6.04. The normalized spacial score (nSPS) is 11.0. The minimum absolute atomic E-state index is 0.0345. The number of non-ortho nitro benzene ring substituents is 1. The lowest BCUT2D eigenvalue weighted by molar-refractivity contribution is -0.384.